The molecule has 0 atom stereocenters. The van der Waals surface area contributed by atoms with Gasteiger partial charge in [-0.3, -0.25) is 0 Å². The van der Waals surface area contributed by atoms with Gasteiger partial charge in [-0.15, -0.1) is 0 Å². The minimum atomic E-state index is -0.0828. The van der Waals surface area contributed by atoms with Gasteiger partial charge in [0.25, 0.3) is 0 Å². The summed E-state index contributed by atoms with van der Waals surface area (Å²) in [5.41, 5.74) is 12.8. The van der Waals surface area contributed by atoms with Crippen molar-refractivity contribution in [1.82, 2.24) is 0 Å². The standard InChI is InChI=1S/C47H32/c1-47(2)42-24-21-34(28-41(42)39-15-7-13-30-14-8-16-43(47)45(30)39)36-25-35(29-9-4-3-5-10-29)26-37(27-36)38-22-19-33-18-17-31-11-6-12-32-20-23-40(38)46(33)44(31)32/h3-28H,1-2H3. The molecule has 9 aromatic rings. The van der Waals surface area contributed by atoms with E-state index in [-0.39, 0.29) is 5.41 Å². The molecule has 0 spiro atoms. The zero-order chi connectivity index (χ0) is 31.3. The van der Waals surface area contributed by atoms with E-state index in [2.05, 4.69) is 172 Å². The number of fused-ring (bicyclic) bond motifs is 2. The summed E-state index contributed by atoms with van der Waals surface area (Å²) in [5, 5.41) is 10.6. The molecule has 0 unspecified atom stereocenters. The van der Waals surface area contributed by atoms with Crippen LogP contribution in [0.15, 0.2) is 158 Å². The second kappa shape index (κ2) is 9.64. The summed E-state index contributed by atoms with van der Waals surface area (Å²) < 4.78 is 0. The zero-order valence-electron chi connectivity index (χ0n) is 26.5. The van der Waals surface area contributed by atoms with Crippen LogP contribution in [-0.2, 0) is 5.41 Å². The van der Waals surface area contributed by atoms with Crippen molar-refractivity contribution in [2.45, 2.75) is 19.3 Å². The number of rotatable bonds is 3. The molecule has 47 heavy (non-hydrogen) atoms. The smallest absolute Gasteiger partial charge is 0.0159 e. The van der Waals surface area contributed by atoms with Crippen LogP contribution >= 0.6 is 0 Å². The van der Waals surface area contributed by atoms with Crippen molar-refractivity contribution in [3.63, 3.8) is 0 Å². The molecular weight excluding hydrogens is 565 g/mol. The maximum Gasteiger partial charge on any atom is 0.0159 e. The molecule has 1 aliphatic rings. The number of benzene rings is 9. The van der Waals surface area contributed by atoms with Crippen molar-refractivity contribution >= 4 is 43.1 Å². The molecule has 0 N–H and O–H groups in total. The Labute approximate surface area is 274 Å². The van der Waals surface area contributed by atoms with Gasteiger partial charge in [0.15, 0.2) is 0 Å². The average molecular weight is 597 g/mol. The molecule has 0 heteroatoms. The van der Waals surface area contributed by atoms with Crippen molar-refractivity contribution in [3.8, 4) is 44.5 Å². The third kappa shape index (κ3) is 3.82. The van der Waals surface area contributed by atoms with Gasteiger partial charge in [-0.1, -0.05) is 147 Å². The van der Waals surface area contributed by atoms with E-state index < -0.39 is 0 Å². The lowest BCUT2D eigenvalue weighted by Gasteiger charge is -2.35. The van der Waals surface area contributed by atoms with Crippen LogP contribution < -0.4 is 0 Å². The van der Waals surface area contributed by atoms with Gasteiger partial charge < -0.3 is 0 Å². The molecule has 1 aliphatic carbocycles. The highest BCUT2D eigenvalue weighted by Gasteiger charge is 2.33. The molecule has 0 radical (unpaired) electrons. The van der Waals surface area contributed by atoms with Gasteiger partial charge in [-0.05, 0) is 123 Å². The van der Waals surface area contributed by atoms with Gasteiger partial charge in [0.2, 0.25) is 0 Å². The van der Waals surface area contributed by atoms with E-state index in [0.717, 1.165) is 0 Å². The normalized spacial score (nSPS) is 13.5. The predicted molar refractivity (Wildman–Crippen MR) is 202 cm³/mol. The molecule has 0 heterocycles. The lowest BCUT2D eigenvalue weighted by atomic mass is 9.68. The lowest BCUT2D eigenvalue weighted by Crippen LogP contribution is -2.23. The van der Waals surface area contributed by atoms with Crippen LogP contribution in [0.4, 0.5) is 0 Å². The summed E-state index contributed by atoms with van der Waals surface area (Å²) in [6.45, 7) is 4.75. The van der Waals surface area contributed by atoms with Crippen molar-refractivity contribution in [1.29, 1.82) is 0 Å². The minimum absolute atomic E-state index is 0.0828. The highest BCUT2D eigenvalue weighted by atomic mass is 14.4. The maximum atomic E-state index is 2.44. The molecule has 0 amide bonds. The summed E-state index contributed by atoms with van der Waals surface area (Å²) >= 11 is 0. The summed E-state index contributed by atoms with van der Waals surface area (Å²) in [7, 11) is 0. The zero-order valence-corrected chi connectivity index (χ0v) is 26.5. The Hall–Kier alpha value is -5.72. The average Bonchev–Trinajstić information content (AvgIpc) is 3.13. The third-order valence-electron chi connectivity index (χ3n) is 10.8. The monoisotopic (exact) mass is 596 g/mol. The third-order valence-corrected chi connectivity index (χ3v) is 10.8. The SMILES string of the molecule is CC1(C)c2ccc(-c3cc(-c4ccccc4)cc(-c4ccc5ccc6cccc7ccc4c5c67)c3)cc2-c2cccc3cccc1c23. The highest BCUT2D eigenvalue weighted by Crippen LogP contribution is 2.50. The van der Waals surface area contributed by atoms with Gasteiger partial charge in [-0.25, -0.2) is 0 Å². The molecule has 9 aromatic carbocycles. The quantitative estimate of drug-likeness (QED) is 0.178. The molecule has 0 aliphatic heterocycles. The summed E-state index contributed by atoms with van der Waals surface area (Å²) in [6.07, 6.45) is 0. The van der Waals surface area contributed by atoms with Crippen LogP contribution in [0.1, 0.15) is 25.0 Å². The Morgan fingerprint density at radius 2 is 0.936 bits per heavy atom. The molecule has 0 fully saturated rings. The van der Waals surface area contributed by atoms with Crippen LogP contribution in [-0.4, -0.2) is 0 Å². The topological polar surface area (TPSA) is 0 Å². The van der Waals surface area contributed by atoms with Crippen molar-refractivity contribution in [3.05, 3.63) is 169 Å². The Morgan fingerprint density at radius 1 is 0.319 bits per heavy atom. The van der Waals surface area contributed by atoms with Crippen molar-refractivity contribution in [2.75, 3.05) is 0 Å². The highest BCUT2D eigenvalue weighted by molar-refractivity contribution is 6.25. The molecule has 0 bridgehead atoms. The first-order valence-corrected chi connectivity index (χ1v) is 16.6. The van der Waals surface area contributed by atoms with Gasteiger partial charge in [0, 0.05) is 5.41 Å². The van der Waals surface area contributed by atoms with E-state index in [1.807, 2.05) is 0 Å². The van der Waals surface area contributed by atoms with Crippen molar-refractivity contribution < 1.29 is 0 Å². The number of hydrogen-bond acceptors (Lipinski definition) is 0. The molecule has 0 saturated heterocycles. The first kappa shape index (κ1) is 26.5. The van der Waals surface area contributed by atoms with Gasteiger partial charge in [0.05, 0.1) is 0 Å². The van der Waals surface area contributed by atoms with Crippen molar-refractivity contribution in [2.24, 2.45) is 0 Å². The molecule has 0 aromatic heterocycles. The Bertz CT molecular complexity index is 2670. The minimum Gasteiger partial charge on any atom is -0.0622 e. The fraction of sp³-hybridized carbons (Fsp3) is 0.0638. The fourth-order valence-corrected chi connectivity index (χ4v) is 8.46. The Morgan fingerprint density at radius 3 is 1.72 bits per heavy atom. The van der Waals surface area contributed by atoms with Crippen LogP contribution in [0, 0.1) is 0 Å². The van der Waals surface area contributed by atoms with E-state index in [4.69, 9.17) is 0 Å². The number of hydrogen-bond donors (Lipinski definition) is 0. The van der Waals surface area contributed by atoms with Crippen LogP contribution in [0.5, 0.6) is 0 Å². The first-order valence-electron chi connectivity index (χ1n) is 16.6. The Balaban J connectivity index is 1.23. The largest absolute Gasteiger partial charge is 0.0622 e. The summed E-state index contributed by atoms with van der Waals surface area (Å²) in [6, 6.07) is 59.1. The molecule has 0 saturated carbocycles. The molecule has 10 rings (SSSR count). The van der Waals surface area contributed by atoms with Gasteiger partial charge in [0.1, 0.15) is 0 Å². The molecule has 0 nitrogen and oxygen atoms in total. The predicted octanol–water partition coefficient (Wildman–Crippen LogP) is 13.0. The van der Waals surface area contributed by atoms with Gasteiger partial charge >= 0.3 is 0 Å². The van der Waals surface area contributed by atoms with Crippen LogP contribution in [0.3, 0.4) is 0 Å². The van der Waals surface area contributed by atoms with Crippen LogP contribution in [0.2, 0.25) is 0 Å². The maximum absolute atomic E-state index is 2.44. The second-order valence-corrected chi connectivity index (χ2v) is 13.7. The van der Waals surface area contributed by atoms with E-state index in [0.29, 0.717) is 0 Å². The summed E-state index contributed by atoms with van der Waals surface area (Å²) in [5.74, 6) is 0. The van der Waals surface area contributed by atoms with Gasteiger partial charge in [-0.2, -0.15) is 0 Å². The lowest BCUT2D eigenvalue weighted by molar-refractivity contribution is 0.645. The van der Waals surface area contributed by atoms with Crippen LogP contribution in [0.25, 0.3) is 87.6 Å². The summed E-state index contributed by atoms with van der Waals surface area (Å²) in [4.78, 5) is 0. The molecular formula is C47H32. The van der Waals surface area contributed by atoms with E-state index in [1.165, 1.54) is 98.7 Å². The van der Waals surface area contributed by atoms with E-state index in [9.17, 15) is 0 Å². The van der Waals surface area contributed by atoms with E-state index >= 15 is 0 Å². The Kier molecular flexibility index (Phi) is 5.44. The first-order chi connectivity index (χ1) is 23.0. The second-order valence-electron chi connectivity index (χ2n) is 13.7. The van der Waals surface area contributed by atoms with E-state index in [1.54, 1.807) is 0 Å². The molecule has 220 valence electrons. The fourth-order valence-electron chi connectivity index (χ4n) is 8.46.